The number of hydrogen-bond donors (Lipinski definition) is 2. The fraction of sp³-hybridized carbons (Fsp3) is 0.941. The lowest BCUT2D eigenvalue weighted by atomic mass is 9.54. The summed E-state index contributed by atoms with van der Waals surface area (Å²) in [6.45, 7) is 2.89. The first-order valence-corrected chi connectivity index (χ1v) is 11.2. The number of aliphatic imine (C=N–C) groups is 1. The largest absolute Gasteiger partial charge is 0.377 e. The molecule has 0 bridgehead atoms. The highest BCUT2D eigenvalue weighted by Crippen LogP contribution is 2.60. The third-order valence-electron chi connectivity index (χ3n) is 6.11. The molecule has 0 amide bonds. The van der Waals surface area contributed by atoms with Gasteiger partial charge in [-0.3, -0.25) is 4.99 Å². The molecule has 138 valence electrons. The average molecular weight is 358 g/mol. The minimum absolute atomic E-state index is 0.0705. The van der Waals surface area contributed by atoms with Gasteiger partial charge in [0.25, 0.3) is 0 Å². The van der Waals surface area contributed by atoms with Gasteiger partial charge >= 0.3 is 0 Å². The second-order valence-corrected chi connectivity index (χ2v) is 10.1. The van der Waals surface area contributed by atoms with Crippen LogP contribution in [-0.4, -0.2) is 58.2 Å². The van der Waals surface area contributed by atoms with Crippen molar-refractivity contribution in [1.82, 2.24) is 10.6 Å². The molecule has 1 heterocycles. The molecule has 2 aliphatic carbocycles. The van der Waals surface area contributed by atoms with Crippen LogP contribution in [-0.2, 0) is 14.6 Å². The fourth-order valence-corrected chi connectivity index (χ4v) is 5.70. The van der Waals surface area contributed by atoms with Gasteiger partial charge in [-0.15, -0.1) is 0 Å². The van der Waals surface area contributed by atoms with Crippen LogP contribution in [0.3, 0.4) is 0 Å². The van der Waals surface area contributed by atoms with Crippen LogP contribution in [0.4, 0.5) is 0 Å². The zero-order valence-corrected chi connectivity index (χ0v) is 15.9. The van der Waals surface area contributed by atoms with E-state index in [4.69, 9.17) is 4.74 Å². The summed E-state index contributed by atoms with van der Waals surface area (Å²) in [5.41, 5.74) is 0.286. The van der Waals surface area contributed by atoms with Crippen molar-refractivity contribution in [2.24, 2.45) is 16.3 Å². The standard InChI is InChI=1S/C17H31N3O3S/c1-12(7-11-24(3,21)22)19-16(18-2)20-14-13-6-10-23-15(13)17(14)8-4-5-9-17/h12-15H,4-11H2,1-3H3,(H2,18,19,20). The molecule has 7 heteroatoms. The van der Waals surface area contributed by atoms with E-state index in [-0.39, 0.29) is 17.2 Å². The number of hydrogen-bond acceptors (Lipinski definition) is 4. The Labute approximate surface area is 145 Å². The summed E-state index contributed by atoms with van der Waals surface area (Å²) >= 11 is 0. The Kier molecular flexibility index (Phi) is 5.12. The van der Waals surface area contributed by atoms with Crippen molar-refractivity contribution in [3.8, 4) is 0 Å². The Morgan fingerprint density at radius 1 is 1.38 bits per heavy atom. The number of ether oxygens (including phenoxy) is 1. The maximum Gasteiger partial charge on any atom is 0.191 e. The Morgan fingerprint density at radius 3 is 2.71 bits per heavy atom. The van der Waals surface area contributed by atoms with Gasteiger partial charge in [0.1, 0.15) is 9.84 Å². The van der Waals surface area contributed by atoms with E-state index in [9.17, 15) is 8.42 Å². The maximum absolute atomic E-state index is 11.3. The highest BCUT2D eigenvalue weighted by molar-refractivity contribution is 7.90. The molecule has 1 saturated heterocycles. The van der Waals surface area contributed by atoms with E-state index in [1.54, 1.807) is 7.05 Å². The summed E-state index contributed by atoms with van der Waals surface area (Å²) in [5, 5.41) is 7.00. The average Bonchev–Trinajstić information content (AvgIpc) is 3.16. The van der Waals surface area contributed by atoms with Crippen molar-refractivity contribution in [2.75, 3.05) is 25.7 Å². The monoisotopic (exact) mass is 357 g/mol. The van der Waals surface area contributed by atoms with Crippen molar-refractivity contribution < 1.29 is 13.2 Å². The SMILES string of the molecule is CN=C(NC(C)CCS(C)(=O)=O)NC1C2CCOC2C12CCCC2. The van der Waals surface area contributed by atoms with Gasteiger partial charge in [-0.1, -0.05) is 12.8 Å². The molecule has 3 rings (SSSR count). The molecular weight excluding hydrogens is 326 g/mol. The van der Waals surface area contributed by atoms with E-state index in [2.05, 4.69) is 15.6 Å². The predicted octanol–water partition coefficient (Wildman–Crippen LogP) is 1.32. The van der Waals surface area contributed by atoms with Crippen LogP contribution in [0.25, 0.3) is 0 Å². The van der Waals surface area contributed by atoms with E-state index in [1.165, 1.54) is 31.9 Å². The van der Waals surface area contributed by atoms with Crippen LogP contribution >= 0.6 is 0 Å². The van der Waals surface area contributed by atoms with E-state index in [0.717, 1.165) is 19.0 Å². The molecule has 4 atom stereocenters. The Morgan fingerprint density at radius 2 is 2.08 bits per heavy atom. The van der Waals surface area contributed by atoms with Crippen LogP contribution in [0.1, 0.15) is 45.4 Å². The molecule has 3 fully saturated rings. The summed E-state index contributed by atoms with van der Waals surface area (Å²) in [4.78, 5) is 4.37. The minimum Gasteiger partial charge on any atom is -0.377 e. The van der Waals surface area contributed by atoms with Crippen molar-refractivity contribution in [1.29, 1.82) is 0 Å². The summed E-state index contributed by atoms with van der Waals surface area (Å²) < 4.78 is 28.7. The quantitative estimate of drug-likeness (QED) is 0.573. The topological polar surface area (TPSA) is 79.8 Å². The number of sulfone groups is 1. The van der Waals surface area contributed by atoms with Crippen molar-refractivity contribution in [3.05, 3.63) is 0 Å². The lowest BCUT2D eigenvalue weighted by molar-refractivity contribution is -0.125. The molecule has 0 radical (unpaired) electrons. The highest BCUT2D eigenvalue weighted by Gasteiger charge is 2.65. The number of rotatable bonds is 5. The van der Waals surface area contributed by atoms with E-state index in [1.807, 2.05) is 6.92 Å². The first-order chi connectivity index (χ1) is 11.4. The van der Waals surface area contributed by atoms with Gasteiger partial charge in [0.15, 0.2) is 5.96 Å². The molecule has 2 N–H and O–H groups in total. The summed E-state index contributed by atoms with van der Waals surface area (Å²) in [7, 11) is -1.15. The Bertz CT molecular complexity index is 584. The summed E-state index contributed by atoms with van der Waals surface area (Å²) in [6, 6.07) is 0.502. The molecule has 3 aliphatic rings. The smallest absolute Gasteiger partial charge is 0.191 e. The zero-order valence-electron chi connectivity index (χ0n) is 15.0. The van der Waals surface area contributed by atoms with Gasteiger partial charge in [-0.25, -0.2) is 8.42 Å². The summed E-state index contributed by atoms with van der Waals surface area (Å²) in [6.07, 6.45) is 8.50. The Hall–Kier alpha value is -0.820. The molecule has 4 unspecified atom stereocenters. The number of fused-ring (bicyclic) bond motifs is 2. The van der Waals surface area contributed by atoms with Crippen molar-refractivity contribution in [2.45, 2.75) is 63.6 Å². The number of nitrogens with one attached hydrogen (secondary N) is 2. The molecule has 24 heavy (non-hydrogen) atoms. The molecular formula is C17H31N3O3S. The lowest BCUT2D eigenvalue weighted by Crippen LogP contribution is -2.69. The first-order valence-electron chi connectivity index (χ1n) is 9.15. The highest BCUT2D eigenvalue weighted by atomic mass is 32.2. The fourth-order valence-electron chi connectivity index (χ4n) is 4.92. The third kappa shape index (κ3) is 3.43. The van der Waals surface area contributed by atoms with E-state index < -0.39 is 9.84 Å². The summed E-state index contributed by atoms with van der Waals surface area (Å²) in [5.74, 6) is 1.58. The van der Waals surface area contributed by atoms with Gasteiger partial charge in [-0.05, 0) is 32.6 Å². The van der Waals surface area contributed by atoms with Crippen LogP contribution in [0.2, 0.25) is 0 Å². The first kappa shape index (κ1) is 18.0. The van der Waals surface area contributed by atoms with Crippen molar-refractivity contribution >= 4 is 15.8 Å². The molecule has 2 saturated carbocycles. The molecule has 0 aromatic rings. The third-order valence-corrected chi connectivity index (χ3v) is 7.08. The van der Waals surface area contributed by atoms with Gasteiger partial charge in [0.05, 0.1) is 11.9 Å². The van der Waals surface area contributed by atoms with Gasteiger partial charge in [-0.2, -0.15) is 0 Å². The maximum atomic E-state index is 11.3. The zero-order chi connectivity index (χ0) is 17.4. The van der Waals surface area contributed by atoms with Crippen LogP contribution in [0.15, 0.2) is 4.99 Å². The van der Waals surface area contributed by atoms with Gasteiger partial charge < -0.3 is 15.4 Å². The van der Waals surface area contributed by atoms with Crippen LogP contribution < -0.4 is 10.6 Å². The second kappa shape index (κ2) is 6.83. The molecule has 0 aromatic carbocycles. The number of guanidine groups is 1. The minimum atomic E-state index is -2.93. The molecule has 1 spiro atoms. The molecule has 1 aliphatic heterocycles. The molecule has 6 nitrogen and oxygen atoms in total. The van der Waals surface area contributed by atoms with Crippen LogP contribution in [0.5, 0.6) is 0 Å². The van der Waals surface area contributed by atoms with Crippen LogP contribution in [0, 0.1) is 11.3 Å². The number of nitrogens with zero attached hydrogens (tertiary/aromatic N) is 1. The van der Waals surface area contributed by atoms with Gasteiger partial charge in [0, 0.05) is 43.3 Å². The normalized spacial score (nSPS) is 33.1. The van der Waals surface area contributed by atoms with Gasteiger partial charge in [0.2, 0.25) is 0 Å². The lowest BCUT2D eigenvalue weighted by Gasteiger charge is -2.57. The molecule has 0 aromatic heterocycles. The predicted molar refractivity (Wildman–Crippen MR) is 96.0 cm³/mol. The van der Waals surface area contributed by atoms with E-state index >= 15 is 0 Å². The second-order valence-electron chi connectivity index (χ2n) is 7.84. The Balaban J connectivity index is 1.59. The van der Waals surface area contributed by atoms with E-state index in [0.29, 0.717) is 24.5 Å². The van der Waals surface area contributed by atoms with Crippen molar-refractivity contribution in [3.63, 3.8) is 0 Å².